The summed E-state index contributed by atoms with van der Waals surface area (Å²) in [7, 11) is 0. The van der Waals surface area contributed by atoms with Gasteiger partial charge in [0.15, 0.2) is 0 Å². The van der Waals surface area contributed by atoms with Crippen molar-refractivity contribution in [3.8, 4) is 16.8 Å². The number of aryl methyl sites for hydroxylation is 1. The first kappa shape index (κ1) is 12.4. The molecule has 2 heteroatoms. The van der Waals surface area contributed by atoms with Crippen LogP contribution in [0.1, 0.15) is 5.56 Å². The molecule has 0 N–H and O–H groups in total. The molecule has 1 heterocycles. The van der Waals surface area contributed by atoms with Gasteiger partial charge in [-0.2, -0.15) is 0 Å². The van der Waals surface area contributed by atoms with E-state index in [9.17, 15) is 4.79 Å². The topological polar surface area (TPSA) is 22.0 Å². The van der Waals surface area contributed by atoms with Gasteiger partial charge in [0.05, 0.1) is 0 Å². The van der Waals surface area contributed by atoms with E-state index in [0.717, 1.165) is 16.8 Å². The van der Waals surface area contributed by atoms with Gasteiger partial charge in [-0.05, 0) is 35.7 Å². The minimum absolute atomic E-state index is 0.0111. The van der Waals surface area contributed by atoms with Crippen LogP contribution < -0.4 is 5.56 Å². The Labute approximate surface area is 118 Å². The van der Waals surface area contributed by atoms with E-state index in [2.05, 4.69) is 12.1 Å². The van der Waals surface area contributed by atoms with Crippen molar-refractivity contribution in [3.63, 3.8) is 0 Å². The highest BCUT2D eigenvalue weighted by Crippen LogP contribution is 2.20. The Morgan fingerprint density at radius 3 is 2.10 bits per heavy atom. The minimum Gasteiger partial charge on any atom is -0.284 e. The van der Waals surface area contributed by atoms with Gasteiger partial charge < -0.3 is 0 Å². The van der Waals surface area contributed by atoms with Crippen molar-refractivity contribution in [2.24, 2.45) is 0 Å². The fourth-order valence-corrected chi connectivity index (χ4v) is 2.24. The maximum atomic E-state index is 11.9. The lowest BCUT2D eigenvalue weighted by Crippen LogP contribution is -2.16. The Morgan fingerprint density at radius 2 is 1.40 bits per heavy atom. The molecule has 0 amide bonds. The zero-order chi connectivity index (χ0) is 13.9. The van der Waals surface area contributed by atoms with Crippen LogP contribution in [0.2, 0.25) is 0 Å². The molecule has 0 unspecified atom stereocenters. The first-order valence-corrected chi connectivity index (χ1v) is 6.59. The van der Waals surface area contributed by atoms with Gasteiger partial charge in [-0.1, -0.05) is 48.5 Å². The number of aromatic nitrogens is 1. The van der Waals surface area contributed by atoms with Gasteiger partial charge >= 0.3 is 0 Å². The summed E-state index contributed by atoms with van der Waals surface area (Å²) in [5.41, 5.74) is 4.27. The third-order valence-corrected chi connectivity index (χ3v) is 3.31. The van der Waals surface area contributed by atoms with E-state index in [1.165, 1.54) is 5.56 Å². The molecule has 20 heavy (non-hydrogen) atoms. The predicted octanol–water partition coefficient (Wildman–Crippen LogP) is 3.81. The van der Waals surface area contributed by atoms with Crippen LogP contribution in [0.25, 0.3) is 16.8 Å². The smallest absolute Gasteiger partial charge is 0.255 e. The summed E-state index contributed by atoms with van der Waals surface area (Å²) >= 11 is 0. The van der Waals surface area contributed by atoms with Crippen LogP contribution in [0.4, 0.5) is 0 Å². The van der Waals surface area contributed by atoms with Crippen molar-refractivity contribution in [2.75, 3.05) is 0 Å². The lowest BCUT2D eigenvalue weighted by molar-refractivity contribution is 0.977. The maximum absolute atomic E-state index is 11.9. The molecule has 0 atom stereocenters. The van der Waals surface area contributed by atoms with Gasteiger partial charge in [0.1, 0.15) is 0 Å². The van der Waals surface area contributed by atoms with E-state index < -0.39 is 0 Å². The fourth-order valence-electron chi connectivity index (χ4n) is 2.24. The number of benzene rings is 2. The van der Waals surface area contributed by atoms with Gasteiger partial charge in [-0.15, -0.1) is 0 Å². The normalized spacial score (nSPS) is 10.4. The number of rotatable bonds is 2. The van der Waals surface area contributed by atoms with Gasteiger partial charge in [0.25, 0.3) is 5.56 Å². The largest absolute Gasteiger partial charge is 0.284 e. The molecule has 0 fully saturated rings. The number of nitrogens with zero attached hydrogens (tertiary/aromatic N) is 1. The van der Waals surface area contributed by atoms with Crippen LogP contribution in [-0.2, 0) is 0 Å². The van der Waals surface area contributed by atoms with E-state index in [1.807, 2.05) is 61.7 Å². The van der Waals surface area contributed by atoms with Crippen molar-refractivity contribution in [2.45, 2.75) is 6.92 Å². The molecule has 2 aromatic carbocycles. The standard InChI is InChI=1S/C18H15NO/c1-14-7-12-18(20)19(13-14)17-10-8-16(9-11-17)15-5-3-2-4-6-15/h2-13H,1H3. The quantitative estimate of drug-likeness (QED) is 0.687. The lowest BCUT2D eigenvalue weighted by atomic mass is 10.1. The second kappa shape index (κ2) is 5.17. The molecule has 1 aromatic heterocycles. The molecule has 0 bridgehead atoms. The van der Waals surface area contributed by atoms with Crippen LogP contribution >= 0.6 is 0 Å². The maximum Gasteiger partial charge on any atom is 0.255 e. The van der Waals surface area contributed by atoms with Crippen molar-refractivity contribution in [3.05, 3.63) is 88.8 Å². The molecule has 0 aliphatic heterocycles. The molecule has 0 aliphatic carbocycles. The van der Waals surface area contributed by atoms with Gasteiger partial charge in [0, 0.05) is 18.0 Å². The van der Waals surface area contributed by atoms with Crippen molar-refractivity contribution in [1.82, 2.24) is 4.57 Å². The molecule has 0 aliphatic rings. The molecule has 0 spiro atoms. The number of hydrogen-bond acceptors (Lipinski definition) is 1. The van der Waals surface area contributed by atoms with Crippen LogP contribution in [0.5, 0.6) is 0 Å². The SMILES string of the molecule is Cc1ccc(=O)n(-c2ccc(-c3ccccc3)cc2)c1. The fraction of sp³-hybridized carbons (Fsp3) is 0.0556. The Hall–Kier alpha value is -2.61. The van der Waals surface area contributed by atoms with E-state index in [1.54, 1.807) is 10.6 Å². The van der Waals surface area contributed by atoms with Crippen LogP contribution in [0.3, 0.4) is 0 Å². The molecule has 0 radical (unpaired) electrons. The monoisotopic (exact) mass is 261 g/mol. The Kier molecular flexibility index (Phi) is 3.21. The Bertz CT molecular complexity index is 771. The molecule has 3 rings (SSSR count). The second-order valence-electron chi connectivity index (χ2n) is 4.83. The summed E-state index contributed by atoms with van der Waals surface area (Å²) in [6, 6.07) is 21.7. The highest BCUT2D eigenvalue weighted by Gasteiger charge is 2.01. The van der Waals surface area contributed by atoms with Crippen molar-refractivity contribution in [1.29, 1.82) is 0 Å². The third kappa shape index (κ3) is 2.41. The van der Waals surface area contributed by atoms with Gasteiger partial charge in [-0.25, -0.2) is 0 Å². The van der Waals surface area contributed by atoms with Crippen LogP contribution in [-0.4, -0.2) is 4.57 Å². The van der Waals surface area contributed by atoms with Gasteiger partial charge in [0.2, 0.25) is 0 Å². The average Bonchev–Trinajstić information content (AvgIpc) is 2.51. The van der Waals surface area contributed by atoms with Gasteiger partial charge in [-0.3, -0.25) is 9.36 Å². The molecular formula is C18H15NO. The number of pyridine rings is 1. The zero-order valence-electron chi connectivity index (χ0n) is 11.3. The molecular weight excluding hydrogens is 246 g/mol. The Morgan fingerprint density at radius 1 is 0.750 bits per heavy atom. The van der Waals surface area contributed by atoms with Crippen LogP contribution in [0, 0.1) is 6.92 Å². The third-order valence-electron chi connectivity index (χ3n) is 3.31. The highest BCUT2D eigenvalue weighted by molar-refractivity contribution is 5.64. The van der Waals surface area contributed by atoms with Crippen LogP contribution in [0.15, 0.2) is 77.7 Å². The highest BCUT2D eigenvalue weighted by atomic mass is 16.1. The summed E-state index contributed by atoms with van der Waals surface area (Å²) in [5.74, 6) is 0. The molecule has 0 saturated carbocycles. The predicted molar refractivity (Wildman–Crippen MR) is 82.2 cm³/mol. The van der Waals surface area contributed by atoms with Crippen molar-refractivity contribution < 1.29 is 0 Å². The van der Waals surface area contributed by atoms with E-state index >= 15 is 0 Å². The molecule has 2 nitrogen and oxygen atoms in total. The first-order valence-electron chi connectivity index (χ1n) is 6.59. The molecule has 98 valence electrons. The summed E-state index contributed by atoms with van der Waals surface area (Å²) in [6.07, 6.45) is 1.86. The van der Waals surface area contributed by atoms with E-state index in [-0.39, 0.29) is 5.56 Å². The number of hydrogen-bond donors (Lipinski definition) is 0. The summed E-state index contributed by atoms with van der Waals surface area (Å²) in [5, 5.41) is 0. The van der Waals surface area contributed by atoms with E-state index in [4.69, 9.17) is 0 Å². The zero-order valence-corrected chi connectivity index (χ0v) is 11.3. The second-order valence-corrected chi connectivity index (χ2v) is 4.83. The molecule has 0 saturated heterocycles. The minimum atomic E-state index is -0.0111. The summed E-state index contributed by atoms with van der Waals surface area (Å²) in [4.78, 5) is 11.9. The Balaban J connectivity index is 2.02. The average molecular weight is 261 g/mol. The van der Waals surface area contributed by atoms with E-state index in [0.29, 0.717) is 0 Å². The first-order chi connectivity index (χ1) is 9.74. The lowest BCUT2D eigenvalue weighted by Gasteiger charge is -2.08. The summed E-state index contributed by atoms with van der Waals surface area (Å²) in [6.45, 7) is 1.98. The van der Waals surface area contributed by atoms with Crippen molar-refractivity contribution >= 4 is 0 Å². The summed E-state index contributed by atoms with van der Waals surface area (Å²) < 4.78 is 1.67. The molecule has 3 aromatic rings.